The fourth-order valence-electron chi connectivity index (χ4n) is 2.82. The van der Waals surface area contributed by atoms with Crippen LogP contribution in [0.2, 0.25) is 0 Å². The van der Waals surface area contributed by atoms with Gasteiger partial charge in [0.15, 0.2) is 0 Å². The van der Waals surface area contributed by atoms with Gasteiger partial charge in [-0.05, 0) is 48.6 Å². The maximum atomic E-state index is 2.26. The van der Waals surface area contributed by atoms with Crippen LogP contribution in [0.3, 0.4) is 0 Å². The Bertz CT molecular complexity index is 764. The van der Waals surface area contributed by atoms with Crippen LogP contribution in [0.5, 0.6) is 0 Å². The van der Waals surface area contributed by atoms with Crippen LogP contribution in [0.15, 0.2) is 66.7 Å². The fourth-order valence-corrected chi connectivity index (χ4v) is 2.82. The number of hydrogen-bond acceptors (Lipinski definition) is 0. The van der Waals surface area contributed by atoms with Crippen LogP contribution in [0.25, 0.3) is 22.3 Å². The SMILES string of the molecule is Cc1ccc(-c2c(C)cccc2-c2cccc(C)c2)cc1. The first-order valence-electron chi connectivity index (χ1n) is 7.39. The smallest absolute Gasteiger partial charge is 0.00761 e. The summed E-state index contributed by atoms with van der Waals surface area (Å²) in [4.78, 5) is 0. The lowest BCUT2D eigenvalue weighted by molar-refractivity contribution is 1.42. The van der Waals surface area contributed by atoms with E-state index in [9.17, 15) is 0 Å². The van der Waals surface area contributed by atoms with Gasteiger partial charge >= 0.3 is 0 Å². The number of benzene rings is 3. The Morgan fingerprint density at radius 3 is 2.00 bits per heavy atom. The molecule has 104 valence electrons. The summed E-state index contributed by atoms with van der Waals surface area (Å²) in [5.41, 5.74) is 9.13. The van der Waals surface area contributed by atoms with Crippen molar-refractivity contribution in [3.63, 3.8) is 0 Å². The van der Waals surface area contributed by atoms with Crippen molar-refractivity contribution in [2.45, 2.75) is 20.8 Å². The summed E-state index contributed by atoms with van der Waals surface area (Å²) in [5, 5.41) is 0. The summed E-state index contributed by atoms with van der Waals surface area (Å²) < 4.78 is 0. The highest BCUT2D eigenvalue weighted by Gasteiger charge is 2.10. The van der Waals surface area contributed by atoms with Crippen LogP contribution < -0.4 is 0 Å². The summed E-state index contributed by atoms with van der Waals surface area (Å²) >= 11 is 0. The molecule has 0 fully saturated rings. The van der Waals surface area contributed by atoms with Crippen molar-refractivity contribution in [1.82, 2.24) is 0 Å². The van der Waals surface area contributed by atoms with Gasteiger partial charge < -0.3 is 0 Å². The summed E-state index contributed by atoms with van der Waals surface area (Å²) in [7, 11) is 0. The minimum atomic E-state index is 1.29. The molecule has 0 nitrogen and oxygen atoms in total. The third-order valence-electron chi connectivity index (χ3n) is 3.94. The number of hydrogen-bond donors (Lipinski definition) is 0. The van der Waals surface area contributed by atoms with Gasteiger partial charge in [0.1, 0.15) is 0 Å². The summed E-state index contributed by atoms with van der Waals surface area (Å²) in [5.74, 6) is 0. The lowest BCUT2D eigenvalue weighted by Crippen LogP contribution is -1.89. The van der Waals surface area contributed by atoms with Gasteiger partial charge in [-0.2, -0.15) is 0 Å². The molecule has 0 N–H and O–H groups in total. The van der Waals surface area contributed by atoms with Crippen molar-refractivity contribution in [2.75, 3.05) is 0 Å². The second kappa shape index (κ2) is 5.57. The second-order valence-corrected chi connectivity index (χ2v) is 5.73. The highest BCUT2D eigenvalue weighted by Crippen LogP contribution is 2.35. The van der Waals surface area contributed by atoms with Crippen molar-refractivity contribution in [2.24, 2.45) is 0 Å². The van der Waals surface area contributed by atoms with Crippen molar-refractivity contribution < 1.29 is 0 Å². The molecule has 0 saturated carbocycles. The lowest BCUT2D eigenvalue weighted by atomic mass is 9.90. The van der Waals surface area contributed by atoms with Crippen LogP contribution in [0.1, 0.15) is 16.7 Å². The van der Waals surface area contributed by atoms with Gasteiger partial charge in [-0.1, -0.05) is 77.9 Å². The van der Waals surface area contributed by atoms with Crippen LogP contribution in [0, 0.1) is 20.8 Å². The highest BCUT2D eigenvalue weighted by atomic mass is 14.1. The average Bonchev–Trinajstić information content (AvgIpc) is 2.48. The zero-order chi connectivity index (χ0) is 14.8. The Labute approximate surface area is 127 Å². The van der Waals surface area contributed by atoms with E-state index in [1.165, 1.54) is 38.9 Å². The molecule has 0 unspecified atom stereocenters. The first-order valence-corrected chi connectivity index (χ1v) is 7.39. The van der Waals surface area contributed by atoms with Gasteiger partial charge in [-0.25, -0.2) is 0 Å². The zero-order valence-electron chi connectivity index (χ0n) is 12.9. The minimum Gasteiger partial charge on any atom is -0.0614 e. The second-order valence-electron chi connectivity index (χ2n) is 5.73. The monoisotopic (exact) mass is 272 g/mol. The molecule has 0 aromatic heterocycles. The molecule has 0 aliphatic rings. The Balaban J connectivity index is 2.23. The van der Waals surface area contributed by atoms with Crippen molar-refractivity contribution in [1.29, 1.82) is 0 Å². The van der Waals surface area contributed by atoms with E-state index in [4.69, 9.17) is 0 Å². The third-order valence-corrected chi connectivity index (χ3v) is 3.94. The molecule has 0 radical (unpaired) electrons. The van der Waals surface area contributed by atoms with E-state index in [1.807, 2.05) is 0 Å². The molecular formula is C21H20. The van der Waals surface area contributed by atoms with Crippen LogP contribution >= 0.6 is 0 Å². The molecule has 0 heterocycles. The first-order chi connectivity index (χ1) is 10.1. The Hall–Kier alpha value is -2.34. The fraction of sp³-hybridized carbons (Fsp3) is 0.143. The van der Waals surface area contributed by atoms with Crippen LogP contribution in [-0.2, 0) is 0 Å². The van der Waals surface area contributed by atoms with Gasteiger partial charge in [-0.15, -0.1) is 0 Å². The van der Waals surface area contributed by atoms with Gasteiger partial charge in [0.05, 0.1) is 0 Å². The zero-order valence-corrected chi connectivity index (χ0v) is 12.9. The van der Waals surface area contributed by atoms with Crippen LogP contribution in [0.4, 0.5) is 0 Å². The molecule has 0 amide bonds. The molecule has 3 rings (SSSR count). The quantitative estimate of drug-likeness (QED) is 0.541. The maximum absolute atomic E-state index is 2.26. The first kappa shape index (κ1) is 13.6. The van der Waals surface area contributed by atoms with E-state index in [1.54, 1.807) is 0 Å². The molecule has 0 aliphatic heterocycles. The standard InChI is InChI=1S/C21H20/c1-15-10-12-18(13-11-15)21-17(3)7-5-9-20(21)19-8-4-6-16(2)14-19/h4-14H,1-3H3. The van der Waals surface area contributed by atoms with Gasteiger partial charge in [-0.3, -0.25) is 0 Å². The lowest BCUT2D eigenvalue weighted by Gasteiger charge is -2.14. The number of aryl methyl sites for hydroxylation is 3. The van der Waals surface area contributed by atoms with Gasteiger partial charge in [0.25, 0.3) is 0 Å². The minimum absolute atomic E-state index is 1.29. The van der Waals surface area contributed by atoms with E-state index >= 15 is 0 Å². The highest BCUT2D eigenvalue weighted by molar-refractivity contribution is 5.85. The van der Waals surface area contributed by atoms with E-state index < -0.39 is 0 Å². The molecule has 0 saturated heterocycles. The van der Waals surface area contributed by atoms with E-state index in [-0.39, 0.29) is 0 Å². The molecule has 3 aromatic carbocycles. The molecular weight excluding hydrogens is 252 g/mol. The summed E-state index contributed by atoms with van der Waals surface area (Å²) in [6.45, 7) is 6.46. The third kappa shape index (κ3) is 2.75. The van der Waals surface area contributed by atoms with E-state index in [0.29, 0.717) is 0 Å². The van der Waals surface area contributed by atoms with Gasteiger partial charge in [0.2, 0.25) is 0 Å². The Kier molecular flexibility index (Phi) is 3.62. The molecule has 21 heavy (non-hydrogen) atoms. The van der Waals surface area contributed by atoms with E-state index in [0.717, 1.165) is 0 Å². The normalized spacial score (nSPS) is 10.6. The Morgan fingerprint density at radius 1 is 0.571 bits per heavy atom. The topological polar surface area (TPSA) is 0 Å². The predicted molar refractivity (Wildman–Crippen MR) is 91.5 cm³/mol. The van der Waals surface area contributed by atoms with Crippen LogP contribution in [-0.4, -0.2) is 0 Å². The molecule has 0 aliphatic carbocycles. The summed E-state index contributed by atoms with van der Waals surface area (Å²) in [6.07, 6.45) is 0. The van der Waals surface area contributed by atoms with E-state index in [2.05, 4.69) is 87.5 Å². The van der Waals surface area contributed by atoms with Gasteiger partial charge in [0, 0.05) is 0 Å². The largest absolute Gasteiger partial charge is 0.0614 e. The predicted octanol–water partition coefficient (Wildman–Crippen LogP) is 5.95. The molecule has 0 spiro atoms. The van der Waals surface area contributed by atoms with Crippen molar-refractivity contribution >= 4 is 0 Å². The molecule has 0 heteroatoms. The van der Waals surface area contributed by atoms with Crippen molar-refractivity contribution in [3.8, 4) is 22.3 Å². The Morgan fingerprint density at radius 2 is 1.29 bits per heavy atom. The molecule has 3 aromatic rings. The molecule has 0 atom stereocenters. The molecule has 0 bridgehead atoms. The number of rotatable bonds is 2. The maximum Gasteiger partial charge on any atom is -0.00761 e. The van der Waals surface area contributed by atoms with Crippen molar-refractivity contribution in [3.05, 3.63) is 83.4 Å². The average molecular weight is 272 g/mol. The summed E-state index contributed by atoms with van der Waals surface area (Å²) in [6, 6.07) is 24.1.